The molecule has 0 radical (unpaired) electrons. The van der Waals surface area contributed by atoms with Crippen LogP contribution < -0.4 is 15.6 Å². The van der Waals surface area contributed by atoms with Gasteiger partial charge < -0.3 is 10.4 Å². The summed E-state index contributed by atoms with van der Waals surface area (Å²) in [6.45, 7) is -0.0716. The van der Waals surface area contributed by atoms with Crippen molar-refractivity contribution in [3.8, 4) is 11.1 Å². The zero-order valence-electron chi connectivity index (χ0n) is 22.8. The summed E-state index contributed by atoms with van der Waals surface area (Å²) in [4.78, 5) is 32.8. The molecule has 11 nitrogen and oxygen atoms in total. The van der Waals surface area contributed by atoms with Crippen molar-refractivity contribution < 1.29 is 31.5 Å². The Morgan fingerprint density at radius 2 is 1.93 bits per heavy atom. The average Bonchev–Trinajstić information content (AvgIpc) is 3.40. The monoisotopic (exact) mass is 616 g/mol. The van der Waals surface area contributed by atoms with Crippen molar-refractivity contribution >= 4 is 38.8 Å². The molecule has 1 aliphatic heterocycles. The number of aryl methyl sites for hydroxylation is 1. The number of carbonyl (C=O) groups is 1. The lowest BCUT2D eigenvalue weighted by atomic mass is 10.0. The van der Waals surface area contributed by atoms with E-state index in [9.17, 15) is 26.8 Å². The molecule has 0 spiro atoms. The minimum atomic E-state index is -4.32. The number of hydrogen-bond donors (Lipinski definition) is 3. The van der Waals surface area contributed by atoms with Gasteiger partial charge in [-0.2, -0.15) is 17.7 Å². The van der Waals surface area contributed by atoms with Crippen LogP contribution in [0.5, 0.6) is 0 Å². The second kappa shape index (κ2) is 12.0. The Kier molecular flexibility index (Phi) is 8.37. The molecule has 0 saturated carbocycles. The van der Waals surface area contributed by atoms with E-state index < -0.39 is 50.8 Å². The maximum Gasteiger partial charge on any atom is 0.307 e. The summed E-state index contributed by atoms with van der Waals surface area (Å²) in [5.41, 5.74) is -0.724. The van der Waals surface area contributed by atoms with Gasteiger partial charge in [0.2, 0.25) is 5.95 Å². The van der Waals surface area contributed by atoms with Crippen molar-refractivity contribution in [2.45, 2.75) is 25.4 Å². The van der Waals surface area contributed by atoms with E-state index in [0.29, 0.717) is 23.9 Å². The number of benzene rings is 2. The minimum absolute atomic E-state index is 0.00691. The number of halogens is 3. The maximum atomic E-state index is 15.6. The van der Waals surface area contributed by atoms with Crippen LogP contribution in [0, 0.1) is 11.6 Å². The van der Waals surface area contributed by atoms with Crippen molar-refractivity contribution in [3.05, 3.63) is 81.8 Å². The zero-order valence-corrected chi connectivity index (χ0v) is 23.7. The highest BCUT2D eigenvalue weighted by molar-refractivity contribution is 7.90. The molecule has 2 aromatic heterocycles. The number of nitrogens with one attached hydrogen (secondary N) is 2. The van der Waals surface area contributed by atoms with Gasteiger partial charge in [0.15, 0.2) is 5.82 Å². The topological polar surface area (TPSA) is 147 Å². The third kappa shape index (κ3) is 6.46. The Morgan fingerprint density at radius 1 is 1.16 bits per heavy atom. The van der Waals surface area contributed by atoms with Gasteiger partial charge >= 0.3 is 16.2 Å². The number of carboxylic acid groups (broad SMARTS) is 1. The fourth-order valence-electron chi connectivity index (χ4n) is 4.89. The van der Waals surface area contributed by atoms with Crippen LogP contribution in [0.25, 0.3) is 22.2 Å². The second-order valence-electron chi connectivity index (χ2n) is 10.1. The number of rotatable bonds is 10. The summed E-state index contributed by atoms with van der Waals surface area (Å²) >= 11 is 0. The van der Waals surface area contributed by atoms with Crippen LogP contribution in [0.3, 0.4) is 0 Å². The summed E-state index contributed by atoms with van der Waals surface area (Å²) in [7, 11) is -2.95. The van der Waals surface area contributed by atoms with E-state index in [1.54, 1.807) is 18.2 Å². The minimum Gasteiger partial charge on any atom is -0.481 e. The summed E-state index contributed by atoms with van der Waals surface area (Å²) in [6.07, 6.45) is 0.499. The van der Waals surface area contributed by atoms with Crippen molar-refractivity contribution in [3.63, 3.8) is 0 Å². The van der Waals surface area contributed by atoms with Crippen molar-refractivity contribution in [2.75, 3.05) is 29.7 Å². The summed E-state index contributed by atoms with van der Waals surface area (Å²) in [5, 5.41) is 12.3. The van der Waals surface area contributed by atoms with Crippen LogP contribution >= 0.6 is 0 Å². The van der Waals surface area contributed by atoms with Gasteiger partial charge in [-0.05, 0) is 42.2 Å². The normalized spacial score (nSPS) is 15.6. The molecule has 1 atom stereocenters. The van der Waals surface area contributed by atoms with Gasteiger partial charge in [0.25, 0.3) is 5.56 Å². The van der Waals surface area contributed by atoms with E-state index in [0.717, 1.165) is 26.6 Å². The van der Waals surface area contributed by atoms with Gasteiger partial charge in [0, 0.05) is 38.3 Å². The van der Waals surface area contributed by atoms with E-state index >= 15 is 4.39 Å². The first-order valence-electron chi connectivity index (χ1n) is 13.2. The summed E-state index contributed by atoms with van der Waals surface area (Å²) in [5.74, 6) is -3.12. The molecule has 5 rings (SSSR count). The van der Waals surface area contributed by atoms with E-state index in [2.05, 4.69) is 15.3 Å². The molecule has 1 aliphatic rings. The smallest absolute Gasteiger partial charge is 0.307 e. The van der Waals surface area contributed by atoms with Crippen LogP contribution in [0.1, 0.15) is 17.5 Å². The Hall–Kier alpha value is -4.50. The summed E-state index contributed by atoms with van der Waals surface area (Å²) < 4.78 is 73.3. The van der Waals surface area contributed by atoms with Gasteiger partial charge in [-0.25, -0.2) is 18.2 Å². The highest BCUT2D eigenvalue weighted by Gasteiger charge is 2.32. The van der Waals surface area contributed by atoms with Gasteiger partial charge in [0.1, 0.15) is 17.6 Å². The SMILES string of the molecule is Cn1c(=O)c(-c2c(F)ccc(NS(=O)(=O)N3CC[C@@H](F)C3)c2F)cc2cnc(NCCc3cccc(CC(=O)O)c3)nc21. The molecular weight excluding hydrogens is 589 g/mol. The van der Waals surface area contributed by atoms with Gasteiger partial charge in [-0.15, -0.1) is 0 Å². The van der Waals surface area contributed by atoms with Crippen LogP contribution in [-0.2, 0) is 34.9 Å². The fraction of sp³-hybridized carbons (Fsp3) is 0.286. The molecule has 43 heavy (non-hydrogen) atoms. The number of hydrogen-bond acceptors (Lipinski definition) is 7. The third-order valence-electron chi connectivity index (χ3n) is 7.02. The van der Waals surface area contributed by atoms with E-state index in [1.165, 1.54) is 19.3 Å². The molecule has 2 aromatic carbocycles. The highest BCUT2D eigenvalue weighted by atomic mass is 32.2. The lowest BCUT2D eigenvalue weighted by molar-refractivity contribution is -0.136. The van der Waals surface area contributed by atoms with Gasteiger partial charge in [0.05, 0.1) is 23.2 Å². The molecule has 0 amide bonds. The van der Waals surface area contributed by atoms with Crippen molar-refractivity contribution in [2.24, 2.45) is 7.05 Å². The van der Waals surface area contributed by atoms with E-state index in [1.807, 2.05) is 10.8 Å². The van der Waals surface area contributed by atoms with E-state index in [-0.39, 0.29) is 43.1 Å². The average molecular weight is 617 g/mol. The Morgan fingerprint density at radius 3 is 2.65 bits per heavy atom. The zero-order chi connectivity index (χ0) is 30.9. The molecule has 3 heterocycles. The molecule has 0 unspecified atom stereocenters. The Bertz CT molecular complexity index is 1890. The molecule has 0 aliphatic carbocycles. The first kappa shape index (κ1) is 30.0. The maximum absolute atomic E-state index is 15.6. The van der Waals surface area contributed by atoms with E-state index in [4.69, 9.17) is 5.11 Å². The third-order valence-corrected chi connectivity index (χ3v) is 8.51. The van der Waals surface area contributed by atoms with Crippen LogP contribution in [0.4, 0.5) is 24.8 Å². The lowest BCUT2D eigenvalue weighted by Gasteiger charge is -2.18. The quantitative estimate of drug-likeness (QED) is 0.246. The van der Waals surface area contributed by atoms with Crippen molar-refractivity contribution in [1.29, 1.82) is 0 Å². The Labute approximate surface area is 244 Å². The first-order chi connectivity index (χ1) is 20.4. The highest BCUT2D eigenvalue weighted by Crippen LogP contribution is 2.31. The number of alkyl halides is 1. The van der Waals surface area contributed by atoms with Crippen molar-refractivity contribution in [1.82, 2.24) is 18.8 Å². The fourth-order valence-corrected chi connectivity index (χ4v) is 6.16. The number of aromatic nitrogens is 3. The van der Waals surface area contributed by atoms with Crippen LogP contribution in [0.2, 0.25) is 0 Å². The predicted molar refractivity (Wildman–Crippen MR) is 154 cm³/mol. The molecule has 226 valence electrons. The largest absolute Gasteiger partial charge is 0.481 e. The van der Waals surface area contributed by atoms with Gasteiger partial charge in [-0.3, -0.25) is 18.9 Å². The number of nitrogens with zero attached hydrogens (tertiary/aromatic N) is 4. The molecule has 15 heteroatoms. The number of fused-ring (bicyclic) bond motifs is 1. The van der Waals surface area contributed by atoms with Gasteiger partial charge in [-0.1, -0.05) is 24.3 Å². The molecular formula is C28H27F3N6O5S. The molecule has 3 N–H and O–H groups in total. The molecule has 0 bridgehead atoms. The number of aliphatic carboxylic acids is 1. The summed E-state index contributed by atoms with van der Waals surface area (Å²) in [6, 6.07) is 10.1. The molecule has 1 saturated heterocycles. The second-order valence-corrected chi connectivity index (χ2v) is 11.8. The van der Waals surface area contributed by atoms with Crippen LogP contribution in [0.15, 0.2) is 53.5 Å². The lowest BCUT2D eigenvalue weighted by Crippen LogP contribution is -2.34. The predicted octanol–water partition coefficient (Wildman–Crippen LogP) is 3.26. The first-order valence-corrected chi connectivity index (χ1v) is 14.7. The number of pyridine rings is 1. The Balaban J connectivity index is 1.39. The van der Waals surface area contributed by atoms with Crippen LogP contribution in [-0.4, -0.2) is 64.1 Å². The number of anilines is 2. The molecule has 4 aromatic rings. The molecule has 1 fully saturated rings. The standard InChI is InChI=1S/C28H27F3N6O5S/c1-36-26-18(14-33-28(34-26)32-9-7-16-3-2-4-17(11-16)12-23(38)39)13-20(27(36)40)24-21(30)5-6-22(25(24)31)35-43(41,42)37-10-8-19(29)15-37/h2-6,11,13-14,19,35H,7-10,12,15H2,1H3,(H,38,39)(H,32,33,34)/t19-/m1/s1. The number of carboxylic acids is 1.